The summed E-state index contributed by atoms with van der Waals surface area (Å²) < 4.78 is 5.27. The highest BCUT2D eigenvalue weighted by Crippen LogP contribution is 2.12. The van der Waals surface area contributed by atoms with E-state index in [0.717, 1.165) is 12.2 Å². The van der Waals surface area contributed by atoms with Gasteiger partial charge in [-0.1, -0.05) is 0 Å². The van der Waals surface area contributed by atoms with Crippen molar-refractivity contribution in [3.05, 3.63) is 12.4 Å². The molecule has 5 heteroatoms. The SMILES string of the molecule is CCOc1cc(NC(C)CCCl)ncn1. The Kier molecular flexibility index (Phi) is 5.18. The van der Waals surface area contributed by atoms with Gasteiger partial charge in [0, 0.05) is 18.0 Å². The molecule has 0 saturated heterocycles. The van der Waals surface area contributed by atoms with E-state index in [1.807, 2.05) is 6.92 Å². The molecular formula is C10H16ClN3O. The molecule has 1 atom stereocenters. The lowest BCUT2D eigenvalue weighted by atomic mass is 10.2. The van der Waals surface area contributed by atoms with Gasteiger partial charge >= 0.3 is 0 Å². The Balaban J connectivity index is 2.56. The Hall–Kier alpha value is -1.03. The minimum absolute atomic E-state index is 0.298. The average molecular weight is 230 g/mol. The van der Waals surface area contributed by atoms with E-state index < -0.39 is 0 Å². The van der Waals surface area contributed by atoms with Crippen molar-refractivity contribution in [1.82, 2.24) is 9.97 Å². The van der Waals surface area contributed by atoms with Crippen LogP contribution in [0.4, 0.5) is 5.82 Å². The zero-order valence-electron chi connectivity index (χ0n) is 9.03. The maximum atomic E-state index is 5.65. The first-order chi connectivity index (χ1) is 7.26. The van der Waals surface area contributed by atoms with Crippen LogP contribution in [-0.4, -0.2) is 28.5 Å². The van der Waals surface area contributed by atoms with Crippen LogP contribution in [0.25, 0.3) is 0 Å². The second-order valence-corrected chi connectivity index (χ2v) is 3.58. The molecular weight excluding hydrogens is 214 g/mol. The van der Waals surface area contributed by atoms with Crippen molar-refractivity contribution in [3.8, 4) is 5.88 Å². The monoisotopic (exact) mass is 229 g/mol. The zero-order valence-corrected chi connectivity index (χ0v) is 9.79. The van der Waals surface area contributed by atoms with Crippen LogP contribution in [0.3, 0.4) is 0 Å². The molecule has 1 N–H and O–H groups in total. The number of hydrogen-bond donors (Lipinski definition) is 1. The average Bonchev–Trinajstić information content (AvgIpc) is 2.19. The molecule has 0 radical (unpaired) electrons. The third-order valence-electron chi connectivity index (χ3n) is 1.87. The summed E-state index contributed by atoms with van der Waals surface area (Å²) in [6.07, 6.45) is 2.39. The third-order valence-corrected chi connectivity index (χ3v) is 2.09. The Morgan fingerprint density at radius 2 is 2.33 bits per heavy atom. The first-order valence-corrected chi connectivity index (χ1v) is 5.57. The van der Waals surface area contributed by atoms with E-state index in [2.05, 4.69) is 22.2 Å². The van der Waals surface area contributed by atoms with Gasteiger partial charge in [-0.2, -0.15) is 0 Å². The van der Waals surface area contributed by atoms with Gasteiger partial charge < -0.3 is 10.1 Å². The van der Waals surface area contributed by atoms with Crippen LogP contribution in [0, 0.1) is 0 Å². The predicted molar refractivity (Wildman–Crippen MR) is 61.6 cm³/mol. The molecule has 1 aromatic heterocycles. The quantitative estimate of drug-likeness (QED) is 0.761. The standard InChI is InChI=1S/C10H16ClN3O/c1-3-15-10-6-9(12-7-13-10)14-8(2)4-5-11/h6-8H,3-5H2,1-2H3,(H,12,13,14). The summed E-state index contributed by atoms with van der Waals surface area (Å²) in [4.78, 5) is 8.08. The molecule has 0 amide bonds. The van der Waals surface area contributed by atoms with Gasteiger partial charge in [0.05, 0.1) is 6.61 Å². The highest BCUT2D eigenvalue weighted by atomic mass is 35.5. The van der Waals surface area contributed by atoms with Crippen molar-refractivity contribution < 1.29 is 4.74 Å². The Morgan fingerprint density at radius 3 is 3.00 bits per heavy atom. The summed E-state index contributed by atoms with van der Waals surface area (Å²) in [5.74, 6) is 2.00. The minimum atomic E-state index is 0.298. The topological polar surface area (TPSA) is 47.0 Å². The molecule has 84 valence electrons. The molecule has 4 nitrogen and oxygen atoms in total. The molecule has 0 bridgehead atoms. The van der Waals surface area contributed by atoms with Crippen molar-refractivity contribution in [2.24, 2.45) is 0 Å². The fourth-order valence-corrected chi connectivity index (χ4v) is 1.46. The lowest BCUT2D eigenvalue weighted by Gasteiger charge is -2.13. The third kappa shape index (κ3) is 4.34. The van der Waals surface area contributed by atoms with Crippen LogP contribution >= 0.6 is 11.6 Å². The minimum Gasteiger partial charge on any atom is -0.478 e. The summed E-state index contributed by atoms with van der Waals surface area (Å²) in [5.41, 5.74) is 0. The van der Waals surface area contributed by atoms with Crippen molar-refractivity contribution in [2.75, 3.05) is 17.8 Å². The molecule has 0 spiro atoms. The van der Waals surface area contributed by atoms with Crippen molar-refractivity contribution in [2.45, 2.75) is 26.3 Å². The first-order valence-electron chi connectivity index (χ1n) is 5.03. The fourth-order valence-electron chi connectivity index (χ4n) is 1.13. The number of alkyl halides is 1. The molecule has 0 aliphatic rings. The second kappa shape index (κ2) is 6.45. The number of rotatable bonds is 6. The van der Waals surface area contributed by atoms with Crippen LogP contribution in [-0.2, 0) is 0 Å². The lowest BCUT2D eigenvalue weighted by Crippen LogP contribution is -2.16. The summed E-state index contributed by atoms with van der Waals surface area (Å²) in [7, 11) is 0. The number of hydrogen-bond acceptors (Lipinski definition) is 4. The van der Waals surface area contributed by atoms with Crippen LogP contribution < -0.4 is 10.1 Å². The number of ether oxygens (including phenoxy) is 1. The summed E-state index contributed by atoms with van der Waals surface area (Å²) in [6.45, 7) is 4.59. The van der Waals surface area contributed by atoms with Gasteiger partial charge in [0.15, 0.2) is 0 Å². The first kappa shape index (κ1) is 12.0. The van der Waals surface area contributed by atoms with Gasteiger partial charge in [-0.25, -0.2) is 9.97 Å². The number of anilines is 1. The molecule has 0 aliphatic carbocycles. The maximum Gasteiger partial charge on any atom is 0.218 e. The van der Waals surface area contributed by atoms with Crippen LogP contribution in [0.1, 0.15) is 20.3 Å². The van der Waals surface area contributed by atoms with Gasteiger partial charge in [-0.3, -0.25) is 0 Å². The van der Waals surface area contributed by atoms with Gasteiger partial charge in [-0.15, -0.1) is 11.6 Å². The summed E-state index contributed by atoms with van der Waals surface area (Å²) in [6, 6.07) is 2.08. The normalized spacial score (nSPS) is 12.2. The molecule has 0 aromatic carbocycles. The summed E-state index contributed by atoms with van der Waals surface area (Å²) in [5, 5.41) is 3.23. The number of nitrogens with zero attached hydrogens (tertiary/aromatic N) is 2. The van der Waals surface area contributed by atoms with Gasteiger partial charge in [0.1, 0.15) is 12.1 Å². The maximum absolute atomic E-state index is 5.65. The van der Waals surface area contributed by atoms with E-state index in [1.165, 1.54) is 6.33 Å². The smallest absolute Gasteiger partial charge is 0.218 e. The Morgan fingerprint density at radius 1 is 1.53 bits per heavy atom. The molecule has 0 aliphatic heterocycles. The number of nitrogens with one attached hydrogen (secondary N) is 1. The predicted octanol–water partition coefficient (Wildman–Crippen LogP) is 2.30. The van der Waals surface area contributed by atoms with E-state index in [4.69, 9.17) is 16.3 Å². The Bertz CT molecular complexity index is 296. The van der Waals surface area contributed by atoms with E-state index in [-0.39, 0.29) is 0 Å². The van der Waals surface area contributed by atoms with E-state index in [9.17, 15) is 0 Å². The van der Waals surface area contributed by atoms with Gasteiger partial charge in [-0.05, 0) is 20.3 Å². The Labute approximate surface area is 95.0 Å². The zero-order chi connectivity index (χ0) is 11.1. The fraction of sp³-hybridized carbons (Fsp3) is 0.600. The van der Waals surface area contributed by atoms with E-state index >= 15 is 0 Å². The van der Waals surface area contributed by atoms with E-state index in [0.29, 0.717) is 24.4 Å². The molecule has 1 aromatic rings. The summed E-state index contributed by atoms with van der Waals surface area (Å²) >= 11 is 5.65. The van der Waals surface area contributed by atoms with Crippen molar-refractivity contribution in [3.63, 3.8) is 0 Å². The largest absolute Gasteiger partial charge is 0.478 e. The number of aromatic nitrogens is 2. The molecule has 1 heterocycles. The number of halogens is 1. The van der Waals surface area contributed by atoms with Gasteiger partial charge in [0.2, 0.25) is 5.88 Å². The highest BCUT2D eigenvalue weighted by molar-refractivity contribution is 6.17. The van der Waals surface area contributed by atoms with Crippen LogP contribution in [0.5, 0.6) is 5.88 Å². The molecule has 15 heavy (non-hydrogen) atoms. The molecule has 0 saturated carbocycles. The molecule has 1 unspecified atom stereocenters. The van der Waals surface area contributed by atoms with Gasteiger partial charge in [0.25, 0.3) is 0 Å². The lowest BCUT2D eigenvalue weighted by molar-refractivity contribution is 0.326. The molecule has 1 rings (SSSR count). The second-order valence-electron chi connectivity index (χ2n) is 3.20. The van der Waals surface area contributed by atoms with E-state index in [1.54, 1.807) is 6.07 Å². The van der Waals surface area contributed by atoms with Crippen molar-refractivity contribution in [1.29, 1.82) is 0 Å². The van der Waals surface area contributed by atoms with Crippen LogP contribution in [0.15, 0.2) is 12.4 Å². The highest BCUT2D eigenvalue weighted by Gasteiger charge is 2.03. The van der Waals surface area contributed by atoms with Crippen LogP contribution in [0.2, 0.25) is 0 Å². The van der Waals surface area contributed by atoms with Crippen molar-refractivity contribution >= 4 is 17.4 Å². The molecule has 0 fully saturated rings.